The minimum absolute atomic E-state index is 0.230. The number of H-pyrrole nitrogens is 2. The average Bonchev–Trinajstić information content (AvgIpc) is 2.80. The largest absolute Gasteiger partial charge is 0.323 e. The van der Waals surface area contributed by atoms with Crippen LogP contribution in [-0.4, -0.2) is 9.97 Å². The molecule has 0 aliphatic heterocycles. The van der Waals surface area contributed by atoms with Crippen molar-refractivity contribution in [2.24, 2.45) is 5.73 Å². The van der Waals surface area contributed by atoms with Gasteiger partial charge in [0.05, 0.1) is 22.1 Å². The van der Waals surface area contributed by atoms with Crippen molar-refractivity contribution >= 4 is 38.6 Å². The van der Waals surface area contributed by atoms with Gasteiger partial charge in [-0.2, -0.15) is 0 Å². The second kappa shape index (κ2) is 5.09. The predicted molar refractivity (Wildman–Crippen MR) is 84.1 cm³/mol. The van der Waals surface area contributed by atoms with E-state index >= 15 is 0 Å². The molecule has 0 bridgehead atoms. The first-order chi connectivity index (χ1) is 9.56. The van der Waals surface area contributed by atoms with Gasteiger partial charge in [0.25, 0.3) is 0 Å². The summed E-state index contributed by atoms with van der Waals surface area (Å²) in [6, 6.07) is 10.9. The molecule has 6 heteroatoms. The molecule has 0 aliphatic rings. The Kier molecular flexibility index (Phi) is 3.41. The van der Waals surface area contributed by atoms with Crippen molar-refractivity contribution in [2.45, 2.75) is 6.04 Å². The van der Waals surface area contributed by atoms with Gasteiger partial charge in [-0.3, -0.25) is 0 Å². The first kappa shape index (κ1) is 13.4. The molecule has 0 aliphatic carbocycles. The van der Waals surface area contributed by atoms with Gasteiger partial charge >= 0.3 is 5.69 Å². The Morgan fingerprint density at radius 2 is 1.90 bits per heavy atom. The molecule has 20 heavy (non-hydrogen) atoms. The number of aromatic amines is 2. The van der Waals surface area contributed by atoms with E-state index in [4.69, 9.17) is 17.3 Å². The minimum Gasteiger partial charge on any atom is -0.320 e. The molecule has 1 unspecified atom stereocenters. The summed E-state index contributed by atoms with van der Waals surface area (Å²) >= 11 is 9.66. The van der Waals surface area contributed by atoms with Gasteiger partial charge in [0.1, 0.15) is 0 Å². The van der Waals surface area contributed by atoms with Gasteiger partial charge < -0.3 is 15.7 Å². The zero-order chi connectivity index (χ0) is 14.3. The van der Waals surface area contributed by atoms with E-state index in [9.17, 15) is 4.79 Å². The van der Waals surface area contributed by atoms with E-state index in [1.54, 1.807) is 0 Å². The molecular formula is C14H11BrClN3O. The fraction of sp³-hybridized carbons (Fsp3) is 0.0714. The quantitative estimate of drug-likeness (QED) is 0.662. The zero-order valence-corrected chi connectivity index (χ0v) is 12.6. The fourth-order valence-corrected chi connectivity index (χ4v) is 2.81. The van der Waals surface area contributed by atoms with Crippen LogP contribution < -0.4 is 11.4 Å². The van der Waals surface area contributed by atoms with E-state index in [1.807, 2.05) is 36.4 Å². The van der Waals surface area contributed by atoms with Crippen LogP contribution in [0.15, 0.2) is 45.7 Å². The number of nitrogens with two attached hydrogens (primary N) is 1. The van der Waals surface area contributed by atoms with Gasteiger partial charge in [-0.15, -0.1) is 0 Å². The summed E-state index contributed by atoms with van der Waals surface area (Å²) in [7, 11) is 0. The summed E-state index contributed by atoms with van der Waals surface area (Å²) < 4.78 is 0.809. The van der Waals surface area contributed by atoms with Gasteiger partial charge in [-0.1, -0.05) is 29.8 Å². The number of imidazole rings is 1. The van der Waals surface area contributed by atoms with E-state index in [-0.39, 0.29) is 11.7 Å². The molecule has 0 saturated carbocycles. The van der Waals surface area contributed by atoms with E-state index in [0.29, 0.717) is 5.02 Å². The SMILES string of the molecule is NC(c1ccc2[nH]c(=O)[nH]c2c1)c1cccc(Br)c1Cl. The first-order valence-corrected chi connectivity index (χ1v) is 7.15. The normalized spacial score (nSPS) is 12.8. The molecule has 1 heterocycles. The van der Waals surface area contributed by atoms with Crippen molar-refractivity contribution in [3.63, 3.8) is 0 Å². The molecular weight excluding hydrogens is 342 g/mol. The molecule has 1 atom stereocenters. The van der Waals surface area contributed by atoms with Crippen molar-refractivity contribution in [1.29, 1.82) is 0 Å². The Labute approximate surface area is 128 Å². The van der Waals surface area contributed by atoms with Crippen molar-refractivity contribution in [2.75, 3.05) is 0 Å². The summed E-state index contributed by atoms with van der Waals surface area (Å²) in [4.78, 5) is 16.7. The lowest BCUT2D eigenvalue weighted by atomic mass is 9.99. The van der Waals surface area contributed by atoms with Crippen LogP contribution in [0.1, 0.15) is 17.2 Å². The second-order valence-electron chi connectivity index (χ2n) is 4.50. The summed E-state index contributed by atoms with van der Waals surface area (Å²) in [5.41, 5.74) is 9.25. The number of hydrogen-bond donors (Lipinski definition) is 3. The number of fused-ring (bicyclic) bond motifs is 1. The molecule has 0 amide bonds. The van der Waals surface area contributed by atoms with E-state index in [2.05, 4.69) is 25.9 Å². The monoisotopic (exact) mass is 351 g/mol. The molecule has 102 valence electrons. The van der Waals surface area contributed by atoms with Gasteiger partial charge in [-0.05, 0) is 45.3 Å². The standard InChI is InChI=1S/C14H11BrClN3O/c15-9-3-1-2-8(12(9)16)13(17)7-4-5-10-11(6-7)19-14(20)18-10/h1-6,13H,17H2,(H2,18,19,20). The van der Waals surface area contributed by atoms with Crippen LogP contribution >= 0.6 is 27.5 Å². The molecule has 0 fully saturated rings. The lowest BCUT2D eigenvalue weighted by Gasteiger charge is -2.15. The van der Waals surface area contributed by atoms with Crippen LogP contribution in [0, 0.1) is 0 Å². The van der Waals surface area contributed by atoms with Gasteiger partial charge in [0.15, 0.2) is 0 Å². The highest BCUT2D eigenvalue weighted by molar-refractivity contribution is 9.10. The van der Waals surface area contributed by atoms with E-state index in [1.165, 1.54) is 0 Å². The molecule has 0 saturated heterocycles. The number of halogens is 2. The summed E-state index contributed by atoms with van der Waals surface area (Å²) in [6.07, 6.45) is 0. The first-order valence-electron chi connectivity index (χ1n) is 5.97. The maximum atomic E-state index is 11.3. The van der Waals surface area contributed by atoms with Crippen LogP contribution in [0.25, 0.3) is 11.0 Å². The van der Waals surface area contributed by atoms with E-state index in [0.717, 1.165) is 26.6 Å². The number of hydrogen-bond acceptors (Lipinski definition) is 2. The molecule has 3 rings (SSSR count). The summed E-state index contributed by atoms with van der Waals surface area (Å²) in [6.45, 7) is 0. The Balaban J connectivity index is 2.09. The van der Waals surface area contributed by atoms with E-state index < -0.39 is 0 Å². The van der Waals surface area contributed by atoms with Crippen molar-refractivity contribution < 1.29 is 0 Å². The van der Waals surface area contributed by atoms with Gasteiger partial charge in [-0.25, -0.2) is 4.79 Å². The maximum Gasteiger partial charge on any atom is 0.323 e. The van der Waals surface area contributed by atoms with Crippen LogP contribution in [0.3, 0.4) is 0 Å². The molecule has 4 N–H and O–H groups in total. The number of rotatable bonds is 2. The summed E-state index contributed by atoms with van der Waals surface area (Å²) in [5.74, 6) is 0. The molecule has 0 spiro atoms. The maximum absolute atomic E-state index is 11.3. The van der Waals surface area contributed by atoms with Crippen molar-refractivity contribution in [1.82, 2.24) is 9.97 Å². The highest BCUT2D eigenvalue weighted by Gasteiger charge is 2.15. The second-order valence-corrected chi connectivity index (χ2v) is 5.74. The molecule has 1 aromatic heterocycles. The predicted octanol–water partition coefficient (Wildman–Crippen LogP) is 3.32. The Morgan fingerprint density at radius 1 is 1.15 bits per heavy atom. The van der Waals surface area contributed by atoms with Gasteiger partial charge in [0, 0.05) is 4.47 Å². The Morgan fingerprint density at radius 3 is 2.70 bits per heavy atom. The third-order valence-electron chi connectivity index (χ3n) is 3.22. The molecule has 0 radical (unpaired) electrons. The van der Waals surface area contributed by atoms with Crippen LogP contribution in [0.4, 0.5) is 0 Å². The molecule has 4 nitrogen and oxygen atoms in total. The zero-order valence-electron chi connectivity index (χ0n) is 10.3. The highest BCUT2D eigenvalue weighted by Crippen LogP contribution is 2.32. The fourth-order valence-electron chi connectivity index (χ4n) is 2.18. The third kappa shape index (κ3) is 2.28. The average molecular weight is 353 g/mol. The Hall–Kier alpha value is -1.56. The van der Waals surface area contributed by atoms with Crippen LogP contribution in [-0.2, 0) is 0 Å². The highest BCUT2D eigenvalue weighted by atomic mass is 79.9. The van der Waals surface area contributed by atoms with Crippen LogP contribution in [0.2, 0.25) is 5.02 Å². The van der Waals surface area contributed by atoms with Crippen molar-refractivity contribution in [3.05, 3.63) is 67.5 Å². The Bertz CT molecular complexity index is 840. The number of nitrogens with one attached hydrogen (secondary N) is 2. The minimum atomic E-state index is -0.359. The molecule has 3 aromatic rings. The number of aromatic nitrogens is 2. The number of benzene rings is 2. The third-order valence-corrected chi connectivity index (χ3v) is 4.53. The lowest BCUT2D eigenvalue weighted by molar-refractivity contribution is 0.872. The molecule has 2 aromatic carbocycles. The topological polar surface area (TPSA) is 74.7 Å². The van der Waals surface area contributed by atoms with Gasteiger partial charge in [0.2, 0.25) is 0 Å². The van der Waals surface area contributed by atoms with Crippen molar-refractivity contribution in [3.8, 4) is 0 Å². The lowest BCUT2D eigenvalue weighted by Crippen LogP contribution is -2.12. The summed E-state index contributed by atoms with van der Waals surface area (Å²) in [5, 5.41) is 0.600. The van der Waals surface area contributed by atoms with Crippen LogP contribution in [0.5, 0.6) is 0 Å². The smallest absolute Gasteiger partial charge is 0.320 e.